The maximum atomic E-state index is 12.3. The third-order valence-electron chi connectivity index (χ3n) is 5.43. The van der Waals surface area contributed by atoms with Crippen LogP contribution in [0.3, 0.4) is 0 Å². The standard InChI is InChI=1S/C25H40N2O6/c1-2-3-4-5-6-7-8-9-13-16-21(33-19-20-14-11-10-12-15-20)17-23(28)27-26-22(25(31)32)18-24(29)30/h10-12,14-15,21-22,26H,2-9,13,16-19H2,1H3,(H,27,28)(H,29,30)(H,31,32)/t21-,22+/m1/s1. The Balaban J connectivity index is 2.44. The van der Waals surface area contributed by atoms with Crippen molar-refractivity contribution < 1.29 is 29.3 Å². The van der Waals surface area contributed by atoms with E-state index < -0.39 is 30.3 Å². The zero-order valence-corrected chi connectivity index (χ0v) is 19.8. The molecule has 8 heteroatoms. The van der Waals surface area contributed by atoms with Gasteiger partial charge < -0.3 is 14.9 Å². The Labute approximate surface area is 197 Å². The second-order valence-corrected chi connectivity index (χ2v) is 8.42. The number of benzene rings is 1. The SMILES string of the molecule is CCCCCCCCCCC[C@H](CC(=O)NN[C@@H](CC(=O)O)C(=O)O)OCc1ccccc1. The number of carbonyl (C=O) groups excluding carboxylic acids is 1. The number of hydrazine groups is 1. The highest BCUT2D eigenvalue weighted by atomic mass is 16.5. The van der Waals surface area contributed by atoms with Crippen molar-refractivity contribution in [1.82, 2.24) is 10.9 Å². The van der Waals surface area contributed by atoms with Gasteiger partial charge in [0.05, 0.1) is 25.6 Å². The zero-order chi connectivity index (χ0) is 24.3. The normalized spacial score (nSPS) is 12.8. The molecule has 1 aromatic rings. The van der Waals surface area contributed by atoms with E-state index in [4.69, 9.17) is 14.9 Å². The molecule has 0 spiro atoms. The highest BCUT2D eigenvalue weighted by Gasteiger charge is 2.22. The average Bonchev–Trinajstić information content (AvgIpc) is 2.79. The van der Waals surface area contributed by atoms with Crippen LogP contribution in [0.1, 0.15) is 89.5 Å². The van der Waals surface area contributed by atoms with E-state index >= 15 is 0 Å². The number of rotatable bonds is 20. The quantitative estimate of drug-likeness (QED) is 0.166. The van der Waals surface area contributed by atoms with Gasteiger partial charge in [-0.25, -0.2) is 5.43 Å². The molecule has 0 unspecified atom stereocenters. The molecule has 0 fully saturated rings. The smallest absolute Gasteiger partial charge is 0.323 e. The van der Waals surface area contributed by atoms with Gasteiger partial charge in [-0.3, -0.25) is 19.8 Å². The van der Waals surface area contributed by atoms with Crippen LogP contribution in [0.25, 0.3) is 0 Å². The number of amides is 1. The summed E-state index contributed by atoms with van der Waals surface area (Å²) < 4.78 is 5.99. The third-order valence-corrected chi connectivity index (χ3v) is 5.43. The average molecular weight is 465 g/mol. The Morgan fingerprint density at radius 1 is 0.879 bits per heavy atom. The van der Waals surface area contributed by atoms with Gasteiger partial charge in [-0.05, 0) is 12.0 Å². The predicted molar refractivity (Wildman–Crippen MR) is 126 cm³/mol. The highest BCUT2D eigenvalue weighted by molar-refractivity contribution is 5.81. The first-order valence-corrected chi connectivity index (χ1v) is 12.1. The summed E-state index contributed by atoms with van der Waals surface area (Å²) >= 11 is 0. The fraction of sp³-hybridized carbons (Fsp3) is 0.640. The molecular weight excluding hydrogens is 424 g/mol. The summed E-state index contributed by atoms with van der Waals surface area (Å²) in [6.45, 7) is 2.60. The van der Waals surface area contributed by atoms with Crippen LogP contribution in [0.5, 0.6) is 0 Å². The lowest BCUT2D eigenvalue weighted by molar-refractivity contribution is -0.146. The van der Waals surface area contributed by atoms with E-state index in [-0.39, 0.29) is 12.5 Å². The van der Waals surface area contributed by atoms with Gasteiger partial charge in [-0.15, -0.1) is 0 Å². The Bertz CT molecular complexity index is 683. The Hall–Kier alpha value is -2.45. The largest absolute Gasteiger partial charge is 0.481 e. The highest BCUT2D eigenvalue weighted by Crippen LogP contribution is 2.15. The monoisotopic (exact) mass is 464 g/mol. The topological polar surface area (TPSA) is 125 Å². The number of carboxylic acid groups (broad SMARTS) is 2. The van der Waals surface area contributed by atoms with Gasteiger partial charge in [0.25, 0.3) is 0 Å². The van der Waals surface area contributed by atoms with Gasteiger partial charge >= 0.3 is 11.9 Å². The Morgan fingerprint density at radius 2 is 1.48 bits per heavy atom. The number of carbonyl (C=O) groups is 3. The molecule has 8 nitrogen and oxygen atoms in total. The molecule has 0 aliphatic heterocycles. The van der Waals surface area contributed by atoms with Crippen molar-refractivity contribution in [3.05, 3.63) is 35.9 Å². The second kappa shape index (κ2) is 18.0. The van der Waals surface area contributed by atoms with Crippen molar-refractivity contribution in [3.63, 3.8) is 0 Å². The van der Waals surface area contributed by atoms with Crippen LogP contribution in [-0.4, -0.2) is 40.2 Å². The van der Waals surface area contributed by atoms with Crippen molar-refractivity contribution in [1.29, 1.82) is 0 Å². The molecule has 1 amide bonds. The van der Waals surface area contributed by atoms with E-state index in [9.17, 15) is 14.4 Å². The molecule has 1 aromatic carbocycles. The van der Waals surface area contributed by atoms with Crippen LogP contribution >= 0.6 is 0 Å². The predicted octanol–water partition coefficient (Wildman–Crippen LogP) is 4.43. The first kappa shape index (κ1) is 28.6. The van der Waals surface area contributed by atoms with E-state index in [1.165, 1.54) is 44.9 Å². The van der Waals surface area contributed by atoms with Gasteiger partial charge in [-0.1, -0.05) is 95.0 Å². The summed E-state index contributed by atoms with van der Waals surface area (Å²) in [6, 6.07) is 8.31. The first-order valence-electron chi connectivity index (χ1n) is 12.1. The lowest BCUT2D eigenvalue weighted by atomic mass is 10.0. The van der Waals surface area contributed by atoms with Gasteiger partial charge in [0, 0.05) is 0 Å². The number of carboxylic acids is 2. The maximum absolute atomic E-state index is 12.3. The fourth-order valence-corrected chi connectivity index (χ4v) is 3.52. The number of unbranched alkanes of at least 4 members (excludes halogenated alkanes) is 8. The van der Waals surface area contributed by atoms with E-state index in [2.05, 4.69) is 17.8 Å². The molecule has 186 valence electrons. The van der Waals surface area contributed by atoms with Crippen LogP contribution in [0.4, 0.5) is 0 Å². The molecule has 0 bridgehead atoms. The van der Waals surface area contributed by atoms with Crippen LogP contribution in [-0.2, 0) is 25.7 Å². The molecule has 0 radical (unpaired) electrons. The molecule has 4 N–H and O–H groups in total. The van der Waals surface area contributed by atoms with Gasteiger partial charge in [0.15, 0.2) is 0 Å². The van der Waals surface area contributed by atoms with E-state index in [0.29, 0.717) is 6.61 Å². The van der Waals surface area contributed by atoms with E-state index in [1.807, 2.05) is 30.3 Å². The van der Waals surface area contributed by atoms with Crippen molar-refractivity contribution in [2.75, 3.05) is 0 Å². The summed E-state index contributed by atoms with van der Waals surface area (Å²) in [5.41, 5.74) is 5.63. The van der Waals surface area contributed by atoms with Gasteiger partial charge in [-0.2, -0.15) is 0 Å². The molecular formula is C25H40N2O6. The first-order chi connectivity index (χ1) is 15.9. The molecule has 33 heavy (non-hydrogen) atoms. The lowest BCUT2D eigenvalue weighted by Crippen LogP contribution is -2.49. The Kier molecular flexibility index (Phi) is 15.6. The second-order valence-electron chi connectivity index (χ2n) is 8.42. The van der Waals surface area contributed by atoms with Crippen LogP contribution < -0.4 is 10.9 Å². The fourth-order valence-electron chi connectivity index (χ4n) is 3.52. The van der Waals surface area contributed by atoms with Crippen molar-refractivity contribution >= 4 is 17.8 Å². The van der Waals surface area contributed by atoms with Gasteiger partial charge in [0.1, 0.15) is 6.04 Å². The summed E-state index contributed by atoms with van der Waals surface area (Å²) in [5.74, 6) is -3.04. The number of nitrogens with one attached hydrogen (secondary N) is 2. The minimum absolute atomic E-state index is 0.0657. The molecule has 0 aliphatic rings. The molecule has 2 atom stereocenters. The number of aliphatic carboxylic acids is 2. The Morgan fingerprint density at radius 3 is 2.06 bits per heavy atom. The van der Waals surface area contributed by atoms with Crippen LogP contribution in [0, 0.1) is 0 Å². The van der Waals surface area contributed by atoms with E-state index in [0.717, 1.165) is 24.8 Å². The van der Waals surface area contributed by atoms with Crippen molar-refractivity contribution in [3.8, 4) is 0 Å². The van der Waals surface area contributed by atoms with E-state index in [1.54, 1.807) is 0 Å². The summed E-state index contributed by atoms with van der Waals surface area (Å²) in [4.78, 5) is 34.3. The minimum Gasteiger partial charge on any atom is -0.481 e. The zero-order valence-electron chi connectivity index (χ0n) is 19.8. The minimum atomic E-state index is -1.40. The molecule has 0 aliphatic carbocycles. The maximum Gasteiger partial charge on any atom is 0.323 e. The summed E-state index contributed by atoms with van der Waals surface area (Å²) in [7, 11) is 0. The third kappa shape index (κ3) is 15.1. The molecule has 0 heterocycles. The van der Waals surface area contributed by atoms with Crippen molar-refractivity contribution in [2.24, 2.45) is 0 Å². The van der Waals surface area contributed by atoms with Gasteiger partial charge in [0.2, 0.25) is 5.91 Å². The molecule has 0 aromatic heterocycles. The van der Waals surface area contributed by atoms with Crippen molar-refractivity contribution in [2.45, 2.75) is 103 Å². The lowest BCUT2D eigenvalue weighted by Gasteiger charge is -2.19. The number of ether oxygens (including phenoxy) is 1. The number of hydrogen-bond donors (Lipinski definition) is 4. The van der Waals surface area contributed by atoms with Crippen LogP contribution in [0.2, 0.25) is 0 Å². The molecule has 0 saturated heterocycles. The molecule has 1 rings (SSSR count). The van der Waals surface area contributed by atoms with Crippen LogP contribution in [0.15, 0.2) is 30.3 Å². The molecule has 0 saturated carbocycles. The summed E-state index contributed by atoms with van der Waals surface area (Å²) in [6.07, 6.45) is 10.7. The number of hydrogen-bond acceptors (Lipinski definition) is 5. The summed E-state index contributed by atoms with van der Waals surface area (Å²) in [5, 5.41) is 17.9.